The molecule has 3 aromatic rings. The van der Waals surface area contributed by atoms with Crippen molar-refractivity contribution in [1.82, 2.24) is 4.90 Å². The number of carbonyl (C=O) groups excluding carboxylic acids is 1. The summed E-state index contributed by atoms with van der Waals surface area (Å²) in [6.07, 6.45) is 1.85. The second-order valence-electron chi connectivity index (χ2n) is 6.93. The zero-order valence-corrected chi connectivity index (χ0v) is 16.0. The number of fused-ring (bicyclic) bond motifs is 1. The van der Waals surface area contributed by atoms with Crippen LogP contribution in [0.5, 0.6) is 0 Å². The molecular weight excluding hydrogens is 378 g/mol. The van der Waals surface area contributed by atoms with E-state index in [9.17, 15) is 9.59 Å². The molecule has 2 aromatic carbocycles. The van der Waals surface area contributed by atoms with Crippen molar-refractivity contribution in [2.24, 2.45) is 0 Å². The highest BCUT2D eigenvalue weighted by molar-refractivity contribution is 6.30. The topological polar surface area (TPSA) is 59.8 Å². The van der Waals surface area contributed by atoms with Crippen LogP contribution in [0.1, 0.15) is 28.8 Å². The molecule has 1 atom stereocenters. The smallest absolute Gasteiger partial charge is 0.349 e. The van der Waals surface area contributed by atoms with Crippen molar-refractivity contribution in [3.8, 4) is 0 Å². The Morgan fingerprint density at radius 3 is 2.68 bits per heavy atom. The lowest BCUT2D eigenvalue weighted by Gasteiger charge is -2.25. The van der Waals surface area contributed by atoms with Crippen molar-refractivity contribution in [3.05, 3.63) is 81.2 Å². The molecule has 1 amide bonds. The molecule has 5 nitrogen and oxygen atoms in total. The van der Waals surface area contributed by atoms with E-state index in [0.717, 1.165) is 18.4 Å². The van der Waals surface area contributed by atoms with Crippen LogP contribution in [0.2, 0.25) is 5.02 Å². The number of halogens is 1. The van der Waals surface area contributed by atoms with Crippen molar-refractivity contribution in [2.45, 2.75) is 25.5 Å². The second-order valence-corrected chi connectivity index (χ2v) is 7.37. The van der Waals surface area contributed by atoms with Gasteiger partial charge in [0.2, 0.25) is 0 Å². The lowest BCUT2D eigenvalue weighted by Crippen LogP contribution is -2.38. The van der Waals surface area contributed by atoms with Crippen LogP contribution in [0, 0.1) is 0 Å². The minimum absolute atomic E-state index is 0.0243. The van der Waals surface area contributed by atoms with E-state index in [1.165, 1.54) is 0 Å². The Balaban J connectivity index is 1.66. The van der Waals surface area contributed by atoms with Gasteiger partial charge >= 0.3 is 5.63 Å². The third kappa shape index (κ3) is 4.11. The molecular formula is C22H20ClNO4. The van der Waals surface area contributed by atoms with Gasteiger partial charge in [0, 0.05) is 30.1 Å². The molecule has 144 valence electrons. The van der Waals surface area contributed by atoms with E-state index in [1.54, 1.807) is 35.2 Å². The number of para-hydroxylation sites is 1. The Hall–Kier alpha value is -2.63. The van der Waals surface area contributed by atoms with Crippen molar-refractivity contribution in [2.75, 3.05) is 13.2 Å². The molecule has 4 rings (SSSR count). The molecule has 0 bridgehead atoms. The van der Waals surface area contributed by atoms with Crippen LogP contribution in [0.15, 0.2) is 63.8 Å². The third-order valence-electron chi connectivity index (χ3n) is 4.89. The number of nitrogens with zero attached hydrogens (tertiary/aromatic N) is 1. The van der Waals surface area contributed by atoms with E-state index in [2.05, 4.69) is 0 Å². The molecule has 1 fully saturated rings. The molecule has 1 aliphatic heterocycles. The van der Waals surface area contributed by atoms with Crippen LogP contribution in [0.25, 0.3) is 11.0 Å². The van der Waals surface area contributed by atoms with Gasteiger partial charge in [-0.1, -0.05) is 41.9 Å². The van der Waals surface area contributed by atoms with Gasteiger partial charge in [-0.3, -0.25) is 4.79 Å². The molecule has 2 heterocycles. The summed E-state index contributed by atoms with van der Waals surface area (Å²) >= 11 is 5.97. The number of benzene rings is 2. The third-order valence-corrected chi connectivity index (χ3v) is 5.15. The van der Waals surface area contributed by atoms with Crippen molar-refractivity contribution in [1.29, 1.82) is 0 Å². The summed E-state index contributed by atoms with van der Waals surface area (Å²) < 4.78 is 11.1. The average Bonchev–Trinajstić information content (AvgIpc) is 3.21. The first-order chi connectivity index (χ1) is 13.6. The average molecular weight is 398 g/mol. The van der Waals surface area contributed by atoms with Crippen molar-refractivity contribution in [3.63, 3.8) is 0 Å². The van der Waals surface area contributed by atoms with Crippen LogP contribution >= 0.6 is 11.6 Å². The summed E-state index contributed by atoms with van der Waals surface area (Å²) in [5.74, 6) is -0.357. The molecule has 28 heavy (non-hydrogen) atoms. The number of carbonyl (C=O) groups is 1. The molecule has 1 aromatic heterocycles. The maximum Gasteiger partial charge on any atom is 0.349 e. The van der Waals surface area contributed by atoms with Gasteiger partial charge in [-0.15, -0.1) is 0 Å². The van der Waals surface area contributed by atoms with Crippen LogP contribution in [-0.2, 0) is 11.3 Å². The zero-order valence-electron chi connectivity index (χ0n) is 15.3. The summed E-state index contributed by atoms with van der Waals surface area (Å²) in [7, 11) is 0. The molecule has 6 heteroatoms. The lowest BCUT2D eigenvalue weighted by molar-refractivity contribution is 0.0504. The van der Waals surface area contributed by atoms with Crippen molar-refractivity contribution < 1.29 is 13.9 Å². The van der Waals surface area contributed by atoms with Crippen LogP contribution in [0.4, 0.5) is 0 Å². The first-order valence-corrected chi connectivity index (χ1v) is 9.66. The Morgan fingerprint density at radius 2 is 1.93 bits per heavy atom. The van der Waals surface area contributed by atoms with Gasteiger partial charge in [0.25, 0.3) is 5.91 Å². The molecule has 1 unspecified atom stereocenters. The zero-order chi connectivity index (χ0) is 19.5. The lowest BCUT2D eigenvalue weighted by atomic mass is 10.1. The van der Waals surface area contributed by atoms with Crippen LogP contribution < -0.4 is 5.63 Å². The number of hydrogen-bond acceptors (Lipinski definition) is 4. The quantitative estimate of drug-likeness (QED) is 0.603. The van der Waals surface area contributed by atoms with E-state index in [4.69, 9.17) is 20.8 Å². The highest BCUT2D eigenvalue weighted by Crippen LogP contribution is 2.19. The number of hydrogen-bond donors (Lipinski definition) is 0. The van der Waals surface area contributed by atoms with E-state index >= 15 is 0 Å². The predicted octanol–water partition coefficient (Wildman–Crippen LogP) is 4.27. The molecule has 0 saturated carbocycles. The Labute approximate surface area is 167 Å². The fraction of sp³-hybridized carbons (Fsp3) is 0.273. The first-order valence-electron chi connectivity index (χ1n) is 9.28. The normalized spacial score (nSPS) is 16.4. The highest BCUT2D eigenvalue weighted by Gasteiger charge is 2.26. The Kier molecular flexibility index (Phi) is 5.46. The molecule has 0 N–H and O–H groups in total. The molecule has 1 aliphatic rings. The van der Waals surface area contributed by atoms with Gasteiger partial charge in [-0.2, -0.15) is 0 Å². The van der Waals surface area contributed by atoms with Gasteiger partial charge in [0.05, 0.1) is 6.10 Å². The highest BCUT2D eigenvalue weighted by atomic mass is 35.5. The number of ether oxygens (including phenoxy) is 1. The molecule has 0 aliphatic carbocycles. The maximum absolute atomic E-state index is 13.3. The molecule has 1 saturated heterocycles. The standard InChI is InChI=1S/C22H20ClNO4/c23-17-9-7-15(8-10-17)13-24(14-18-5-3-11-27-18)21(25)19-12-16-4-1-2-6-20(16)28-22(19)26/h1-2,4,6-10,12,18H,3,5,11,13-14H2. The van der Waals surface area contributed by atoms with Gasteiger partial charge in [0.15, 0.2) is 0 Å². The van der Waals surface area contributed by atoms with Gasteiger partial charge in [0.1, 0.15) is 11.1 Å². The molecule has 0 radical (unpaired) electrons. The minimum Gasteiger partial charge on any atom is -0.422 e. The summed E-state index contributed by atoms with van der Waals surface area (Å²) in [5, 5.41) is 1.35. The number of amides is 1. The van der Waals surface area contributed by atoms with Gasteiger partial charge < -0.3 is 14.1 Å². The largest absolute Gasteiger partial charge is 0.422 e. The maximum atomic E-state index is 13.3. The molecule has 0 spiro atoms. The predicted molar refractivity (Wildman–Crippen MR) is 108 cm³/mol. The first kappa shape index (κ1) is 18.7. The Morgan fingerprint density at radius 1 is 1.14 bits per heavy atom. The van der Waals surface area contributed by atoms with Gasteiger partial charge in [-0.05, 0) is 42.7 Å². The second kappa shape index (κ2) is 8.17. The minimum atomic E-state index is -0.628. The van der Waals surface area contributed by atoms with E-state index in [1.807, 2.05) is 24.3 Å². The summed E-state index contributed by atoms with van der Waals surface area (Å²) in [4.78, 5) is 27.4. The summed E-state index contributed by atoms with van der Waals surface area (Å²) in [6, 6.07) is 16.1. The van der Waals surface area contributed by atoms with Crippen molar-refractivity contribution >= 4 is 28.5 Å². The van der Waals surface area contributed by atoms with Gasteiger partial charge in [-0.25, -0.2) is 4.79 Å². The van der Waals surface area contributed by atoms with Crippen LogP contribution in [0.3, 0.4) is 0 Å². The monoisotopic (exact) mass is 397 g/mol. The fourth-order valence-electron chi connectivity index (χ4n) is 3.44. The SMILES string of the molecule is O=C(c1cc2ccccc2oc1=O)N(Cc1ccc(Cl)cc1)CC1CCCO1. The van der Waals surface area contributed by atoms with Crippen LogP contribution in [-0.4, -0.2) is 30.1 Å². The fourth-order valence-corrected chi connectivity index (χ4v) is 3.57. The number of rotatable bonds is 5. The summed E-state index contributed by atoms with van der Waals surface area (Å²) in [5.41, 5.74) is 0.802. The van der Waals surface area contributed by atoms with E-state index in [0.29, 0.717) is 35.7 Å². The van der Waals surface area contributed by atoms with E-state index in [-0.39, 0.29) is 17.6 Å². The summed E-state index contributed by atoms with van der Waals surface area (Å²) in [6.45, 7) is 1.49. The van der Waals surface area contributed by atoms with E-state index < -0.39 is 5.63 Å². The Bertz CT molecular complexity index is 1040.